The number of aliphatic hydroxyl groups is 1. The average Bonchev–Trinajstić information content (AvgIpc) is 3.09. The minimum atomic E-state index is -1.30. The standard InChI is InChI=1S/C27H48N4O9/c1-12-13-27(9,38-11)20(28-15(2)32)18-17(14-16(19(18)33)21(34)37-10)29-22(30-23(35)39-25(3,4)5)31-24(36)40-26(6,7)8/h16-20,33H,12-14H2,1-11H3,(H,28,32)(H2,29,30,31,35,36)/t16-,17+,18-,19+,20+,27-/m0/s1. The molecule has 0 aromatic heterocycles. The number of methoxy groups -OCH3 is 2. The number of ether oxygens (including phenoxy) is 4. The summed E-state index contributed by atoms with van der Waals surface area (Å²) in [5, 5.41) is 19.2. The van der Waals surface area contributed by atoms with Crippen LogP contribution in [0.15, 0.2) is 4.99 Å². The smallest absolute Gasteiger partial charge is 0.414 e. The first-order valence-corrected chi connectivity index (χ1v) is 13.4. The molecule has 1 rings (SSSR count). The van der Waals surface area contributed by atoms with Gasteiger partial charge in [-0.2, -0.15) is 0 Å². The van der Waals surface area contributed by atoms with Crippen LogP contribution in [0.2, 0.25) is 0 Å². The van der Waals surface area contributed by atoms with Gasteiger partial charge in [-0.25, -0.2) is 14.6 Å². The number of rotatable bonds is 8. The Labute approximate surface area is 237 Å². The predicted molar refractivity (Wildman–Crippen MR) is 148 cm³/mol. The molecule has 0 saturated heterocycles. The maximum Gasteiger partial charge on any atom is 0.414 e. The summed E-state index contributed by atoms with van der Waals surface area (Å²) in [4.78, 5) is 54.8. The highest BCUT2D eigenvalue weighted by Crippen LogP contribution is 2.41. The van der Waals surface area contributed by atoms with E-state index in [0.717, 1.165) is 0 Å². The van der Waals surface area contributed by atoms with Gasteiger partial charge in [0.1, 0.15) is 11.2 Å². The molecular formula is C27H48N4O9. The van der Waals surface area contributed by atoms with E-state index in [1.165, 1.54) is 21.1 Å². The molecule has 0 bridgehead atoms. The molecule has 1 saturated carbocycles. The van der Waals surface area contributed by atoms with Crippen LogP contribution in [-0.2, 0) is 28.5 Å². The van der Waals surface area contributed by atoms with Crippen LogP contribution in [0.4, 0.5) is 9.59 Å². The van der Waals surface area contributed by atoms with E-state index in [2.05, 4.69) is 20.9 Å². The van der Waals surface area contributed by atoms with Gasteiger partial charge in [0.05, 0.1) is 36.8 Å². The van der Waals surface area contributed by atoms with E-state index in [9.17, 15) is 24.3 Å². The van der Waals surface area contributed by atoms with E-state index < -0.39 is 65.0 Å². The van der Waals surface area contributed by atoms with E-state index in [1.807, 2.05) is 6.92 Å². The summed E-state index contributed by atoms with van der Waals surface area (Å²) in [5.74, 6) is -3.22. The summed E-state index contributed by atoms with van der Waals surface area (Å²) in [7, 11) is 2.71. The van der Waals surface area contributed by atoms with Crippen LogP contribution in [0.5, 0.6) is 0 Å². The number of guanidine groups is 1. The van der Waals surface area contributed by atoms with Gasteiger partial charge in [0.2, 0.25) is 11.9 Å². The quantitative estimate of drug-likeness (QED) is 0.147. The maximum atomic E-state index is 12.6. The van der Waals surface area contributed by atoms with Gasteiger partial charge in [0.15, 0.2) is 0 Å². The number of alkyl carbamates (subject to hydrolysis) is 2. The number of nitrogens with one attached hydrogen (secondary N) is 3. The Morgan fingerprint density at radius 3 is 1.82 bits per heavy atom. The molecule has 0 unspecified atom stereocenters. The van der Waals surface area contributed by atoms with Crippen molar-refractivity contribution in [3.8, 4) is 0 Å². The largest absolute Gasteiger partial charge is 0.469 e. The van der Waals surface area contributed by atoms with Crippen LogP contribution in [0, 0.1) is 11.8 Å². The van der Waals surface area contributed by atoms with E-state index in [-0.39, 0.29) is 18.3 Å². The molecule has 3 amide bonds. The molecule has 0 aromatic rings. The Morgan fingerprint density at radius 2 is 1.45 bits per heavy atom. The van der Waals surface area contributed by atoms with Gasteiger partial charge in [0.25, 0.3) is 0 Å². The average molecular weight is 573 g/mol. The van der Waals surface area contributed by atoms with Gasteiger partial charge >= 0.3 is 18.2 Å². The van der Waals surface area contributed by atoms with Crippen LogP contribution >= 0.6 is 0 Å². The first-order valence-electron chi connectivity index (χ1n) is 13.4. The topological polar surface area (TPSA) is 174 Å². The lowest BCUT2D eigenvalue weighted by molar-refractivity contribution is -0.149. The lowest BCUT2D eigenvalue weighted by atomic mass is 9.78. The number of aliphatic imine (C=N–C) groups is 1. The zero-order valence-corrected chi connectivity index (χ0v) is 25.7. The van der Waals surface area contributed by atoms with Crippen molar-refractivity contribution in [1.82, 2.24) is 16.0 Å². The van der Waals surface area contributed by atoms with Crippen LogP contribution in [-0.4, -0.2) is 84.3 Å². The molecule has 0 radical (unpaired) electrons. The van der Waals surface area contributed by atoms with E-state index in [1.54, 1.807) is 48.5 Å². The molecule has 40 heavy (non-hydrogen) atoms. The summed E-state index contributed by atoms with van der Waals surface area (Å²) < 4.78 is 21.4. The number of carbonyl (C=O) groups excluding carboxylic acids is 4. The molecule has 0 aromatic carbocycles. The van der Waals surface area contributed by atoms with E-state index in [0.29, 0.717) is 12.8 Å². The highest BCUT2D eigenvalue weighted by Gasteiger charge is 2.54. The van der Waals surface area contributed by atoms with Crippen molar-refractivity contribution >= 4 is 30.0 Å². The molecule has 13 heteroatoms. The zero-order chi connectivity index (χ0) is 31.1. The molecule has 1 aliphatic carbocycles. The van der Waals surface area contributed by atoms with Crippen molar-refractivity contribution in [2.24, 2.45) is 16.8 Å². The number of aliphatic hydroxyl groups excluding tert-OH is 1. The fourth-order valence-corrected chi connectivity index (χ4v) is 4.82. The summed E-state index contributed by atoms with van der Waals surface area (Å²) in [6.07, 6.45) is -1.88. The van der Waals surface area contributed by atoms with Crippen molar-refractivity contribution in [3.05, 3.63) is 0 Å². The Bertz CT molecular complexity index is 909. The molecule has 0 heterocycles. The lowest BCUT2D eigenvalue weighted by Crippen LogP contribution is -2.59. The molecule has 1 aliphatic rings. The maximum absolute atomic E-state index is 12.6. The van der Waals surface area contributed by atoms with Gasteiger partial charge in [-0.1, -0.05) is 13.3 Å². The molecule has 230 valence electrons. The summed E-state index contributed by atoms with van der Waals surface area (Å²) in [5.41, 5.74) is -2.65. The third-order valence-corrected chi connectivity index (χ3v) is 6.40. The zero-order valence-electron chi connectivity index (χ0n) is 25.7. The van der Waals surface area contributed by atoms with Gasteiger partial charge in [-0.3, -0.25) is 20.2 Å². The second kappa shape index (κ2) is 14.1. The minimum absolute atomic E-state index is 0.00396. The number of nitrogens with zero attached hydrogens (tertiary/aromatic N) is 1. The number of hydrogen-bond donors (Lipinski definition) is 4. The molecular weight excluding hydrogens is 524 g/mol. The number of hydrogen-bond acceptors (Lipinski definition) is 10. The van der Waals surface area contributed by atoms with Crippen LogP contribution < -0.4 is 16.0 Å². The van der Waals surface area contributed by atoms with E-state index >= 15 is 0 Å². The molecule has 6 atom stereocenters. The van der Waals surface area contributed by atoms with Gasteiger partial charge in [-0.05, 0) is 61.3 Å². The minimum Gasteiger partial charge on any atom is -0.469 e. The van der Waals surface area contributed by atoms with Crippen LogP contribution in [0.3, 0.4) is 0 Å². The molecule has 13 nitrogen and oxygen atoms in total. The lowest BCUT2D eigenvalue weighted by Gasteiger charge is -2.42. The highest BCUT2D eigenvalue weighted by atomic mass is 16.6. The third-order valence-electron chi connectivity index (χ3n) is 6.40. The molecule has 1 fully saturated rings. The number of esters is 1. The van der Waals surface area contributed by atoms with Gasteiger partial charge < -0.3 is 29.4 Å². The second-order valence-electron chi connectivity index (χ2n) is 12.2. The monoisotopic (exact) mass is 572 g/mol. The second-order valence-corrected chi connectivity index (χ2v) is 12.2. The highest BCUT2D eigenvalue weighted by molar-refractivity contribution is 6.01. The van der Waals surface area contributed by atoms with Crippen molar-refractivity contribution in [2.75, 3.05) is 14.2 Å². The van der Waals surface area contributed by atoms with Crippen molar-refractivity contribution < 1.29 is 43.2 Å². The first kappa shape index (κ1) is 35.1. The number of amides is 3. The van der Waals surface area contributed by atoms with Crippen molar-refractivity contribution in [2.45, 2.75) is 117 Å². The van der Waals surface area contributed by atoms with Crippen molar-refractivity contribution in [3.63, 3.8) is 0 Å². The Kier molecular flexibility index (Phi) is 12.4. The normalized spacial score (nSPS) is 23.2. The van der Waals surface area contributed by atoms with Gasteiger partial charge in [0, 0.05) is 20.0 Å². The summed E-state index contributed by atoms with van der Waals surface area (Å²) in [6, 6.07) is -1.69. The SMILES string of the molecule is CCC[C@](C)(OC)[C@H](NC(C)=O)[C@@H]1[C@H](O)[C@@H](C(=O)OC)C[C@H]1N=C(NC(=O)OC(C)(C)C)NC(=O)OC(C)(C)C. The fourth-order valence-electron chi connectivity index (χ4n) is 4.82. The fraction of sp³-hybridized carbons (Fsp3) is 0.815. The first-order chi connectivity index (χ1) is 18.3. The van der Waals surface area contributed by atoms with Gasteiger partial charge in [-0.15, -0.1) is 0 Å². The van der Waals surface area contributed by atoms with E-state index in [4.69, 9.17) is 18.9 Å². The molecule has 0 aliphatic heterocycles. The summed E-state index contributed by atoms with van der Waals surface area (Å²) >= 11 is 0. The Balaban J connectivity index is 3.68. The third kappa shape index (κ3) is 10.6. The van der Waals surface area contributed by atoms with Crippen molar-refractivity contribution in [1.29, 1.82) is 0 Å². The number of carbonyl (C=O) groups is 4. The molecule has 4 N–H and O–H groups in total. The van der Waals surface area contributed by atoms with Crippen LogP contribution in [0.1, 0.15) is 81.6 Å². The predicted octanol–water partition coefficient (Wildman–Crippen LogP) is 2.64. The Morgan fingerprint density at radius 1 is 0.950 bits per heavy atom. The summed E-state index contributed by atoms with van der Waals surface area (Å²) in [6.45, 7) is 15.1. The van der Waals surface area contributed by atoms with Crippen LogP contribution in [0.25, 0.3) is 0 Å². The molecule has 0 spiro atoms. The Hall–Kier alpha value is -2.93.